The molecule has 0 radical (unpaired) electrons. The highest BCUT2D eigenvalue weighted by Crippen LogP contribution is 2.65. The third-order valence-corrected chi connectivity index (χ3v) is 13.6. The summed E-state index contributed by atoms with van der Waals surface area (Å²) in [6.45, 7) is 4.93. The van der Waals surface area contributed by atoms with Crippen LogP contribution in [-0.4, -0.2) is 0 Å². The standard InChI is InChI=1S/C60H44N2/c1-59(2)57-53(31-17-33-55(57)61(45-23-5-3-6-24-45)47-37-35-41-19-9-11-21-43(41)39-47)60(51-29-15-13-27-49(51)50-28-14-16-30-52(50)60)54-32-18-34-56(58(54)59)62(46-25-7-4-8-26-46)48-38-36-42-20-10-12-22-44(42)40-48/h3-40H,1-2H3. The first kappa shape index (κ1) is 36.2. The highest BCUT2D eigenvalue weighted by Gasteiger charge is 2.55. The van der Waals surface area contributed by atoms with Crippen molar-refractivity contribution in [3.05, 3.63) is 264 Å². The Hall–Kier alpha value is -7.68. The molecule has 2 aliphatic rings. The van der Waals surface area contributed by atoms with E-state index in [1.54, 1.807) is 0 Å². The lowest BCUT2D eigenvalue weighted by atomic mass is 9.54. The second-order valence-corrected chi connectivity index (χ2v) is 17.3. The number of hydrogen-bond donors (Lipinski definition) is 0. The summed E-state index contributed by atoms with van der Waals surface area (Å²) in [5.41, 5.74) is 16.2. The molecule has 0 bridgehead atoms. The number of nitrogens with zero attached hydrogens (tertiary/aromatic N) is 2. The fourth-order valence-electron chi connectivity index (χ4n) is 11.1. The summed E-state index contributed by atoms with van der Waals surface area (Å²) in [6, 6.07) is 85.5. The number of rotatable bonds is 6. The largest absolute Gasteiger partial charge is 0.310 e. The van der Waals surface area contributed by atoms with Crippen LogP contribution in [0.15, 0.2) is 231 Å². The van der Waals surface area contributed by atoms with E-state index < -0.39 is 10.8 Å². The molecule has 0 atom stereocenters. The van der Waals surface area contributed by atoms with Crippen LogP contribution in [0.2, 0.25) is 0 Å². The molecule has 62 heavy (non-hydrogen) atoms. The van der Waals surface area contributed by atoms with Crippen LogP contribution in [0.3, 0.4) is 0 Å². The molecule has 0 N–H and O–H groups in total. The minimum absolute atomic E-state index is 0.497. The van der Waals surface area contributed by atoms with Gasteiger partial charge in [-0.2, -0.15) is 0 Å². The molecule has 0 saturated heterocycles. The zero-order chi connectivity index (χ0) is 41.4. The van der Waals surface area contributed by atoms with Crippen LogP contribution in [0.4, 0.5) is 34.1 Å². The van der Waals surface area contributed by atoms with Gasteiger partial charge in [-0.15, -0.1) is 0 Å². The third-order valence-electron chi connectivity index (χ3n) is 13.6. The fraction of sp³-hybridized carbons (Fsp3) is 0.0667. The van der Waals surface area contributed by atoms with Crippen molar-refractivity contribution in [2.24, 2.45) is 0 Å². The van der Waals surface area contributed by atoms with Gasteiger partial charge < -0.3 is 9.80 Å². The Morgan fingerprint density at radius 2 is 0.661 bits per heavy atom. The maximum Gasteiger partial charge on any atom is 0.0721 e. The summed E-state index contributed by atoms with van der Waals surface area (Å²) in [5.74, 6) is 0. The van der Waals surface area contributed by atoms with E-state index in [0.29, 0.717) is 0 Å². The molecular formula is C60H44N2. The Kier molecular flexibility index (Phi) is 8.14. The number of para-hydroxylation sites is 2. The van der Waals surface area contributed by atoms with Gasteiger partial charge >= 0.3 is 0 Å². The molecule has 294 valence electrons. The smallest absolute Gasteiger partial charge is 0.0721 e. The minimum Gasteiger partial charge on any atom is -0.310 e. The Morgan fingerprint density at radius 1 is 0.290 bits per heavy atom. The average Bonchev–Trinajstić information content (AvgIpc) is 3.62. The van der Waals surface area contributed by atoms with Crippen LogP contribution < -0.4 is 9.80 Å². The monoisotopic (exact) mass is 792 g/mol. The second kappa shape index (κ2) is 13.9. The van der Waals surface area contributed by atoms with Crippen molar-refractivity contribution in [1.82, 2.24) is 0 Å². The average molecular weight is 793 g/mol. The molecule has 0 saturated carbocycles. The van der Waals surface area contributed by atoms with Gasteiger partial charge in [-0.1, -0.05) is 184 Å². The lowest BCUT2D eigenvalue weighted by molar-refractivity contribution is 0.565. The molecule has 0 amide bonds. The highest BCUT2D eigenvalue weighted by atomic mass is 15.2. The summed E-state index contributed by atoms with van der Waals surface area (Å²) >= 11 is 0. The molecule has 1 spiro atoms. The topological polar surface area (TPSA) is 6.48 Å². The molecule has 12 rings (SSSR count). The van der Waals surface area contributed by atoms with E-state index in [-0.39, 0.29) is 0 Å². The van der Waals surface area contributed by atoms with Crippen molar-refractivity contribution in [2.75, 3.05) is 9.80 Å². The van der Waals surface area contributed by atoms with Crippen molar-refractivity contribution in [3.8, 4) is 11.1 Å². The lowest BCUT2D eigenvalue weighted by Crippen LogP contribution is -2.42. The Balaban J connectivity index is 1.22. The van der Waals surface area contributed by atoms with Crippen LogP contribution >= 0.6 is 0 Å². The van der Waals surface area contributed by atoms with E-state index in [1.807, 2.05) is 0 Å². The highest BCUT2D eigenvalue weighted by molar-refractivity contribution is 5.96. The maximum absolute atomic E-state index is 2.50. The molecular weight excluding hydrogens is 749 g/mol. The Bertz CT molecular complexity index is 3120. The molecule has 10 aromatic rings. The normalized spacial score (nSPS) is 13.9. The zero-order valence-electron chi connectivity index (χ0n) is 34.8. The van der Waals surface area contributed by atoms with Crippen LogP contribution in [0.5, 0.6) is 0 Å². The van der Waals surface area contributed by atoms with Gasteiger partial charge in [0.05, 0.1) is 16.8 Å². The molecule has 2 aliphatic carbocycles. The summed E-state index contributed by atoms with van der Waals surface area (Å²) in [7, 11) is 0. The van der Waals surface area contributed by atoms with E-state index in [9.17, 15) is 0 Å². The molecule has 10 aromatic carbocycles. The summed E-state index contributed by atoms with van der Waals surface area (Å²) in [6.07, 6.45) is 0. The Labute approximate surface area is 363 Å². The van der Waals surface area contributed by atoms with Gasteiger partial charge in [0, 0.05) is 28.2 Å². The predicted octanol–water partition coefficient (Wildman–Crippen LogP) is 15.9. The maximum atomic E-state index is 2.50. The molecule has 0 aliphatic heterocycles. The number of fused-ring (bicyclic) bond motifs is 11. The predicted molar refractivity (Wildman–Crippen MR) is 260 cm³/mol. The van der Waals surface area contributed by atoms with E-state index in [2.05, 4.69) is 254 Å². The molecule has 0 heterocycles. The van der Waals surface area contributed by atoms with Crippen LogP contribution in [0.1, 0.15) is 47.2 Å². The van der Waals surface area contributed by atoms with Crippen molar-refractivity contribution in [1.29, 1.82) is 0 Å². The second-order valence-electron chi connectivity index (χ2n) is 17.3. The van der Waals surface area contributed by atoms with Gasteiger partial charge in [-0.3, -0.25) is 0 Å². The van der Waals surface area contributed by atoms with Gasteiger partial charge in [0.1, 0.15) is 0 Å². The summed E-state index contributed by atoms with van der Waals surface area (Å²) in [5, 5.41) is 4.88. The number of benzene rings is 10. The van der Waals surface area contributed by atoms with Crippen molar-refractivity contribution in [2.45, 2.75) is 24.7 Å². The zero-order valence-corrected chi connectivity index (χ0v) is 34.8. The van der Waals surface area contributed by atoms with E-state index in [0.717, 1.165) is 22.7 Å². The van der Waals surface area contributed by atoms with Gasteiger partial charge in [-0.05, 0) is 127 Å². The van der Waals surface area contributed by atoms with Crippen LogP contribution in [0.25, 0.3) is 32.7 Å². The van der Waals surface area contributed by atoms with Crippen molar-refractivity contribution >= 4 is 55.7 Å². The van der Waals surface area contributed by atoms with Gasteiger partial charge in [-0.25, -0.2) is 0 Å². The number of hydrogen-bond acceptors (Lipinski definition) is 2. The molecule has 2 heteroatoms. The fourth-order valence-corrected chi connectivity index (χ4v) is 11.1. The third kappa shape index (κ3) is 5.23. The van der Waals surface area contributed by atoms with Gasteiger partial charge in [0.25, 0.3) is 0 Å². The van der Waals surface area contributed by atoms with E-state index >= 15 is 0 Å². The number of anilines is 6. The van der Waals surface area contributed by atoms with Gasteiger partial charge in [0.15, 0.2) is 0 Å². The molecule has 2 nitrogen and oxygen atoms in total. The van der Waals surface area contributed by atoms with E-state index in [4.69, 9.17) is 0 Å². The van der Waals surface area contributed by atoms with Crippen molar-refractivity contribution in [3.63, 3.8) is 0 Å². The molecule has 0 fully saturated rings. The van der Waals surface area contributed by atoms with Gasteiger partial charge in [0.2, 0.25) is 0 Å². The summed E-state index contributed by atoms with van der Waals surface area (Å²) < 4.78 is 0. The summed E-state index contributed by atoms with van der Waals surface area (Å²) in [4.78, 5) is 5.00. The quantitative estimate of drug-likeness (QED) is 0.165. The first-order valence-electron chi connectivity index (χ1n) is 21.7. The Morgan fingerprint density at radius 3 is 1.11 bits per heavy atom. The van der Waals surface area contributed by atoms with Crippen molar-refractivity contribution < 1.29 is 0 Å². The molecule has 0 unspecified atom stereocenters. The van der Waals surface area contributed by atoms with Crippen LogP contribution in [-0.2, 0) is 10.8 Å². The lowest BCUT2D eigenvalue weighted by Gasteiger charge is -2.49. The first-order chi connectivity index (χ1) is 30.5. The first-order valence-corrected chi connectivity index (χ1v) is 21.7. The van der Waals surface area contributed by atoms with Crippen LogP contribution in [0, 0.1) is 0 Å². The molecule has 0 aromatic heterocycles. The minimum atomic E-state index is -0.600. The SMILES string of the molecule is CC1(C)c2c(N(c3ccccc3)c3ccc4ccccc4c3)cccc2C2(c3ccccc3-c3ccccc32)c2cccc(N(c3ccccc3)c3ccc4ccccc4c3)c21. The van der Waals surface area contributed by atoms with E-state index in [1.165, 1.54) is 77.4 Å².